The Kier molecular flexibility index (Phi) is 4.56. The third-order valence-electron chi connectivity index (χ3n) is 3.25. The number of hydrogen-bond donors (Lipinski definition) is 2. The summed E-state index contributed by atoms with van der Waals surface area (Å²) in [5.41, 5.74) is 2.15. The van der Waals surface area contributed by atoms with E-state index in [0.29, 0.717) is 18.5 Å². The molecule has 0 saturated heterocycles. The van der Waals surface area contributed by atoms with Crippen molar-refractivity contribution >= 4 is 22.7 Å². The predicted octanol–water partition coefficient (Wildman–Crippen LogP) is 3.75. The monoisotopic (exact) mass is 270 g/mol. The second kappa shape index (κ2) is 6.37. The fourth-order valence-corrected chi connectivity index (χ4v) is 1.93. The molecule has 4 heteroatoms. The number of aromatic nitrogens is 2. The molecule has 106 valence electrons. The van der Waals surface area contributed by atoms with E-state index >= 15 is 0 Å². The molecule has 1 atom stereocenters. The molecule has 2 rings (SSSR count). The second-order valence-corrected chi connectivity index (χ2v) is 5.04. The molecule has 0 amide bonds. The molecule has 0 bridgehead atoms. The van der Waals surface area contributed by atoms with Gasteiger partial charge in [0.2, 0.25) is 5.95 Å². The minimum atomic E-state index is 0.352. The van der Waals surface area contributed by atoms with Gasteiger partial charge in [0, 0.05) is 18.0 Å². The van der Waals surface area contributed by atoms with E-state index in [4.69, 9.17) is 0 Å². The van der Waals surface area contributed by atoms with E-state index in [1.165, 1.54) is 5.56 Å². The lowest BCUT2D eigenvalue weighted by molar-refractivity contribution is 0.754. The van der Waals surface area contributed by atoms with E-state index < -0.39 is 0 Å². The third-order valence-corrected chi connectivity index (χ3v) is 3.25. The highest BCUT2D eigenvalue weighted by Gasteiger charge is 2.09. The van der Waals surface area contributed by atoms with Crippen LogP contribution in [0.2, 0.25) is 0 Å². The summed E-state index contributed by atoms with van der Waals surface area (Å²) in [6.45, 7) is 10.8. The molecule has 1 unspecified atom stereocenters. The van der Waals surface area contributed by atoms with E-state index in [9.17, 15) is 0 Å². The van der Waals surface area contributed by atoms with E-state index in [-0.39, 0.29) is 0 Å². The fourth-order valence-electron chi connectivity index (χ4n) is 1.93. The van der Waals surface area contributed by atoms with Crippen LogP contribution in [-0.4, -0.2) is 22.6 Å². The van der Waals surface area contributed by atoms with Crippen LogP contribution >= 0.6 is 0 Å². The van der Waals surface area contributed by atoms with Crippen molar-refractivity contribution in [1.82, 2.24) is 9.97 Å². The van der Waals surface area contributed by atoms with Crippen LogP contribution in [0.5, 0.6) is 0 Å². The number of rotatable bonds is 6. The second-order valence-electron chi connectivity index (χ2n) is 5.04. The normalized spacial score (nSPS) is 12.2. The fraction of sp³-hybridized carbons (Fsp3) is 0.375. The molecule has 0 aliphatic carbocycles. The minimum Gasteiger partial charge on any atom is -0.366 e. The zero-order valence-corrected chi connectivity index (χ0v) is 12.4. The summed E-state index contributed by atoms with van der Waals surface area (Å²) in [7, 11) is 0. The predicted molar refractivity (Wildman–Crippen MR) is 86.3 cm³/mol. The van der Waals surface area contributed by atoms with Crippen LogP contribution in [0.3, 0.4) is 0 Å². The standard InChI is InChI=1S/C16H22N4/c1-5-9-17-15-13-10-11(3)7-8-14(13)19-16(20-15)18-12(4)6-2/h5,7-8,10,12H,1,6,9H2,2-4H3,(H2,17,18,19,20). The van der Waals surface area contributed by atoms with Gasteiger partial charge >= 0.3 is 0 Å². The molecular formula is C16H22N4. The van der Waals surface area contributed by atoms with Gasteiger partial charge in [-0.25, -0.2) is 4.98 Å². The third kappa shape index (κ3) is 3.26. The largest absolute Gasteiger partial charge is 0.366 e. The van der Waals surface area contributed by atoms with Gasteiger partial charge in [0.25, 0.3) is 0 Å². The van der Waals surface area contributed by atoms with Crippen LogP contribution < -0.4 is 10.6 Å². The lowest BCUT2D eigenvalue weighted by Crippen LogP contribution is -2.16. The van der Waals surface area contributed by atoms with Crippen LogP contribution in [0.15, 0.2) is 30.9 Å². The first kappa shape index (κ1) is 14.3. The van der Waals surface area contributed by atoms with Gasteiger partial charge in [-0.05, 0) is 32.4 Å². The Bertz CT molecular complexity index is 607. The first-order valence-corrected chi connectivity index (χ1v) is 7.03. The zero-order chi connectivity index (χ0) is 14.5. The quantitative estimate of drug-likeness (QED) is 0.785. The molecule has 1 aromatic carbocycles. The highest BCUT2D eigenvalue weighted by Crippen LogP contribution is 2.23. The highest BCUT2D eigenvalue weighted by molar-refractivity contribution is 5.90. The Labute approximate surface area is 120 Å². The van der Waals surface area contributed by atoms with Gasteiger partial charge in [-0.1, -0.05) is 24.6 Å². The first-order valence-electron chi connectivity index (χ1n) is 7.03. The maximum Gasteiger partial charge on any atom is 0.225 e. The molecule has 0 spiro atoms. The van der Waals surface area contributed by atoms with Crippen LogP contribution in [-0.2, 0) is 0 Å². The van der Waals surface area contributed by atoms with Gasteiger partial charge in [0.05, 0.1) is 5.52 Å². The van der Waals surface area contributed by atoms with Gasteiger partial charge in [-0.2, -0.15) is 4.98 Å². The van der Waals surface area contributed by atoms with E-state index in [0.717, 1.165) is 23.1 Å². The molecule has 0 aliphatic rings. The summed E-state index contributed by atoms with van der Waals surface area (Å²) in [6, 6.07) is 6.56. The molecule has 0 saturated carbocycles. The molecule has 20 heavy (non-hydrogen) atoms. The number of fused-ring (bicyclic) bond motifs is 1. The summed E-state index contributed by atoms with van der Waals surface area (Å²) in [5.74, 6) is 1.52. The van der Waals surface area contributed by atoms with E-state index in [1.807, 2.05) is 12.1 Å². The summed E-state index contributed by atoms with van der Waals surface area (Å²) in [5, 5.41) is 7.66. The molecule has 0 aliphatic heterocycles. The van der Waals surface area contributed by atoms with E-state index in [1.54, 1.807) is 0 Å². The summed E-state index contributed by atoms with van der Waals surface area (Å²) in [4.78, 5) is 9.17. The van der Waals surface area contributed by atoms with Gasteiger partial charge in [-0.15, -0.1) is 6.58 Å². The SMILES string of the molecule is C=CCNc1nc(NC(C)CC)nc2ccc(C)cc12. The average molecular weight is 270 g/mol. The topological polar surface area (TPSA) is 49.8 Å². The van der Waals surface area contributed by atoms with Crippen molar-refractivity contribution in [3.05, 3.63) is 36.4 Å². The molecular weight excluding hydrogens is 248 g/mol. The van der Waals surface area contributed by atoms with Gasteiger partial charge in [0.15, 0.2) is 0 Å². The number of benzene rings is 1. The molecule has 0 fully saturated rings. The zero-order valence-electron chi connectivity index (χ0n) is 12.4. The average Bonchev–Trinajstić information content (AvgIpc) is 2.45. The Hall–Kier alpha value is -2.10. The lowest BCUT2D eigenvalue weighted by Gasteiger charge is -2.14. The number of nitrogens with zero attached hydrogens (tertiary/aromatic N) is 2. The summed E-state index contributed by atoms with van der Waals surface area (Å²) >= 11 is 0. The van der Waals surface area contributed by atoms with Crippen LogP contribution in [0.1, 0.15) is 25.8 Å². The number of hydrogen-bond acceptors (Lipinski definition) is 4. The summed E-state index contributed by atoms with van der Waals surface area (Å²) < 4.78 is 0. The Morgan fingerprint density at radius 2 is 2.15 bits per heavy atom. The molecule has 0 radical (unpaired) electrons. The summed E-state index contributed by atoms with van der Waals surface area (Å²) in [6.07, 6.45) is 2.86. The van der Waals surface area contributed by atoms with Crippen molar-refractivity contribution in [2.24, 2.45) is 0 Å². The Balaban J connectivity index is 2.46. The molecule has 4 nitrogen and oxygen atoms in total. The maximum absolute atomic E-state index is 4.59. The first-order chi connectivity index (χ1) is 9.63. The Morgan fingerprint density at radius 1 is 1.35 bits per heavy atom. The number of aryl methyl sites for hydroxylation is 1. The van der Waals surface area contributed by atoms with Crippen molar-refractivity contribution in [2.45, 2.75) is 33.2 Å². The smallest absolute Gasteiger partial charge is 0.225 e. The van der Waals surface area contributed by atoms with Crippen molar-refractivity contribution in [2.75, 3.05) is 17.2 Å². The molecule has 2 aromatic rings. The van der Waals surface area contributed by atoms with Crippen LogP contribution in [0.25, 0.3) is 10.9 Å². The van der Waals surface area contributed by atoms with Gasteiger partial charge < -0.3 is 10.6 Å². The van der Waals surface area contributed by atoms with Crippen molar-refractivity contribution < 1.29 is 0 Å². The van der Waals surface area contributed by atoms with Crippen molar-refractivity contribution in [3.63, 3.8) is 0 Å². The van der Waals surface area contributed by atoms with Crippen molar-refractivity contribution in [3.8, 4) is 0 Å². The molecule has 1 aromatic heterocycles. The maximum atomic E-state index is 4.59. The molecule has 1 heterocycles. The highest BCUT2D eigenvalue weighted by atomic mass is 15.2. The van der Waals surface area contributed by atoms with Gasteiger partial charge in [0.1, 0.15) is 5.82 Å². The molecule has 2 N–H and O–H groups in total. The Morgan fingerprint density at radius 3 is 2.85 bits per heavy atom. The van der Waals surface area contributed by atoms with Gasteiger partial charge in [-0.3, -0.25) is 0 Å². The van der Waals surface area contributed by atoms with E-state index in [2.05, 4.69) is 60.1 Å². The van der Waals surface area contributed by atoms with Crippen LogP contribution in [0, 0.1) is 6.92 Å². The minimum absolute atomic E-state index is 0.352. The van der Waals surface area contributed by atoms with Crippen LogP contribution in [0.4, 0.5) is 11.8 Å². The lowest BCUT2D eigenvalue weighted by atomic mass is 10.1. The number of nitrogens with one attached hydrogen (secondary N) is 2. The number of anilines is 2. The van der Waals surface area contributed by atoms with Crippen molar-refractivity contribution in [1.29, 1.82) is 0 Å².